The summed E-state index contributed by atoms with van der Waals surface area (Å²) in [7, 11) is -17.5. The summed E-state index contributed by atoms with van der Waals surface area (Å²) in [4.78, 5) is -6.19. The Balaban J connectivity index is 0.00000361. The van der Waals surface area contributed by atoms with Crippen molar-refractivity contribution in [2.75, 3.05) is 0 Å². The molecule has 0 bridgehead atoms. The van der Waals surface area contributed by atoms with Gasteiger partial charge in [-0.15, -0.1) is 0 Å². The van der Waals surface area contributed by atoms with Crippen LogP contribution >= 0.6 is 4.87 Å². The first-order valence-electron chi connectivity index (χ1n) is 4.32. The predicted octanol–water partition coefficient (Wildman–Crippen LogP) is -0.532. The summed E-state index contributed by atoms with van der Waals surface area (Å²) in [5.74, 6) is 0. The van der Waals surface area contributed by atoms with E-state index >= 15 is 0 Å². The summed E-state index contributed by atoms with van der Waals surface area (Å²) < 4.78 is 94.7. The van der Waals surface area contributed by atoms with Gasteiger partial charge in [0.1, 0.15) is 0 Å². The van der Waals surface area contributed by atoms with Crippen LogP contribution in [0.3, 0.4) is 0 Å². The summed E-state index contributed by atoms with van der Waals surface area (Å²) in [6.07, 6.45) is 0. The van der Waals surface area contributed by atoms with Crippen molar-refractivity contribution in [3.8, 4) is 0 Å². The average molecular weight is 455 g/mol. The molecule has 0 aliphatic rings. The molecular weight excluding hydrogens is 446 g/mol. The fourth-order valence-corrected chi connectivity index (χ4v) is 17.3. The maximum Gasteiger partial charge on any atom is 0 e. The molecule has 0 unspecified atom stereocenters. The summed E-state index contributed by atoms with van der Waals surface area (Å²) in [6.45, 7) is 0. The van der Waals surface area contributed by atoms with Gasteiger partial charge < -0.3 is 0 Å². The predicted molar refractivity (Wildman–Crippen MR) is 69.0 cm³/mol. The second-order valence-corrected chi connectivity index (χ2v) is 20.4. The molecule has 0 atom stereocenters. The average Bonchev–Trinajstić information content (AvgIpc) is 2.12. The van der Waals surface area contributed by atoms with Gasteiger partial charge in [-0.05, 0) is 0 Å². The van der Waals surface area contributed by atoms with Gasteiger partial charge >= 0.3 is 109 Å². The van der Waals surface area contributed by atoms with Crippen LogP contribution in [0.2, 0.25) is 0 Å². The summed E-state index contributed by atoms with van der Waals surface area (Å²) in [6, 6.07) is 4.97. The largest absolute Gasteiger partial charge is 0 e. The molecule has 1 radical (unpaired) electrons. The first-order valence-corrected chi connectivity index (χ1v) is 12.8. The molecule has 9 nitrogen and oxygen atoms in total. The van der Waals surface area contributed by atoms with Crippen molar-refractivity contribution in [3.63, 3.8) is 0 Å². The molecule has 119 valence electrons. The van der Waals surface area contributed by atoms with Gasteiger partial charge in [-0.1, -0.05) is 0 Å². The molecule has 0 amide bonds. The summed E-state index contributed by atoms with van der Waals surface area (Å²) in [5.41, 5.74) is 0. The van der Waals surface area contributed by atoms with Crippen LogP contribution in [0.4, 0.5) is 0 Å². The quantitative estimate of drug-likeness (QED) is 0.308. The van der Waals surface area contributed by atoms with Crippen LogP contribution in [0.15, 0.2) is 30.3 Å². The Bertz CT molecular complexity index is 705. The Hall–Kier alpha value is 0.00338. The molecule has 1 rings (SSSR count). The van der Waals surface area contributed by atoms with Gasteiger partial charge in [-0.3, -0.25) is 0 Å². The van der Waals surface area contributed by atoms with Gasteiger partial charge in [0.15, 0.2) is 0 Å². The van der Waals surface area contributed by atoms with Crippen LogP contribution in [0, 0.1) is 0 Å². The van der Waals surface area contributed by atoms with E-state index in [1.54, 1.807) is 0 Å². The van der Waals surface area contributed by atoms with Gasteiger partial charge in [0, 0.05) is 19.5 Å². The van der Waals surface area contributed by atoms with Crippen LogP contribution in [-0.2, 0) is 48.7 Å². The molecule has 0 spiro atoms. The molecule has 0 heterocycles. The van der Waals surface area contributed by atoms with Crippen molar-refractivity contribution >= 4 is 39.4 Å². The molecule has 0 aliphatic heterocycles. The SMILES string of the molecule is O=S(=O)(O)[PH](c1ccccc1)(S(=O)(=O)O)S(=O)(=O)O.[Rh]. The van der Waals surface area contributed by atoms with E-state index in [-0.39, 0.29) is 19.5 Å². The maximum absolute atomic E-state index is 11.3. The zero-order chi connectivity index (χ0) is 15.1. The third-order valence-electron chi connectivity index (χ3n) is 2.15. The molecule has 14 heteroatoms. The molecule has 1 aromatic carbocycles. The van der Waals surface area contributed by atoms with Crippen molar-refractivity contribution in [3.05, 3.63) is 30.3 Å². The van der Waals surface area contributed by atoms with Gasteiger partial charge in [0.05, 0.1) is 0 Å². The summed E-state index contributed by atoms with van der Waals surface area (Å²) in [5, 5.41) is -0.914. The zero-order valence-corrected chi connectivity index (χ0v) is 14.3. The van der Waals surface area contributed by atoms with Crippen molar-refractivity contribution in [2.45, 2.75) is 0 Å². The zero-order valence-electron chi connectivity index (χ0n) is 9.24. The second-order valence-electron chi connectivity index (χ2n) is 3.35. The Morgan fingerprint density at radius 1 is 0.700 bits per heavy atom. The topological polar surface area (TPSA) is 163 Å². The Labute approximate surface area is 128 Å². The number of benzene rings is 1. The van der Waals surface area contributed by atoms with Crippen LogP contribution in [-0.4, -0.2) is 38.9 Å². The number of rotatable bonds is 4. The van der Waals surface area contributed by atoms with E-state index in [2.05, 4.69) is 0 Å². The minimum absolute atomic E-state index is 0. The van der Waals surface area contributed by atoms with Crippen molar-refractivity contribution in [1.82, 2.24) is 0 Å². The molecule has 0 saturated heterocycles. The smallest absolute Gasteiger partial charge is 0 e. The van der Waals surface area contributed by atoms with Crippen LogP contribution < -0.4 is 5.30 Å². The van der Waals surface area contributed by atoms with Crippen molar-refractivity contribution in [1.29, 1.82) is 0 Å². The van der Waals surface area contributed by atoms with Crippen molar-refractivity contribution < 1.29 is 58.4 Å². The maximum atomic E-state index is 11.3. The number of hydrogen-bond acceptors (Lipinski definition) is 6. The summed E-state index contributed by atoms with van der Waals surface area (Å²) >= 11 is 0. The van der Waals surface area contributed by atoms with Crippen LogP contribution in [0.1, 0.15) is 0 Å². The van der Waals surface area contributed by atoms with Crippen LogP contribution in [0.5, 0.6) is 0 Å². The first kappa shape index (κ1) is 20.0. The molecule has 0 aromatic heterocycles. The molecule has 1 aromatic rings. The molecule has 20 heavy (non-hydrogen) atoms. The third kappa shape index (κ3) is 3.10. The van der Waals surface area contributed by atoms with Crippen LogP contribution in [0.25, 0.3) is 0 Å². The molecule has 3 N–H and O–H groups in total. The van der Waals surface area contributed by atoms with E-state index in [0.29, 0.717) is 0 Å². The Morgan fingerprint density at radius 2 is 1.00 bits per heavy atom. The second kappa shape index (κ2) is 6.01. The minimum atomic E-state index is -6.19. The Morgan fingerprint density at radius 3 is 1.25 bits per heavy atom. The van der Waals surface area contributed by atoms with Crippen molar-refractivity contribution in [2.24, 2.45) is 0 Å². The number of hydrogen-bond donors (Lipinski definition) is 3. The van der Waals surface area contributed by atoms with E-state index in [1.165, 1.54) is 6.07 Å². The fraction of sp³-hybridized carbons (Fsp3) is 0. The van der Waals surface area contributed by atoms with E-state index in [4.69, 9.17) is 13.7 Å². The minimum Gasteiger partial charge on any atom is 0 e. The van der Waals surface area contributed by atoms with E-state index < -0.39 is 39.4 Å². The van der Waals surface area contributed by atoms with Gasteiger partial charge in [-0.2, -0.15) is 0 Å². The third-order valence-corrected chi connectivity index (χ3v) is 24.8. The Kier molecular flexibility index (Phi) is 6.01. The van der Waals surface area contributed by atoms with Gasteiger partial charge in [0.2, 0.25) is 0 Å². The molecule has 0 fully saturated rings. The van der Waals surface area contributed by atoms with Gasteiger partial charge in [0.25, 0.3) is 0 Å². The first-order chi connectivity index (χ1) is 8.36. The molecule has 0 saturated carbocycles. The van der Waals surface area contributed by atoms with E-state index in [9.17, 15) is 25.3 Å². The van der Waals surface area contributed by atoms with Gasteiger partial charge in [-0.25, -0.2) is 0 Å². The standard InChI is InChI=1S/C6H9O9PS3.Rh/c7-17(8,9)16(18(10,11)12,19(13,14)15)6-4-2-1-3-5-6;/h1-5,16H,(H,7,8,9)(H,10,11,12)(H,13,14,15);. The normalized spacial score (nSPS) is 14.3. The molecule has 0 aliphatic carbocycles. The van der Waals surface area contributed by atoms with E-state index in [0.717, 1.165) is 24.3 Å². The molecular formula is C6H9O9PRhS3. The fourth-order valence-electron chi connectivity index (χ4n) is 1.49. The van der Waals surface area contributed by atoms with E-state index in [1.807, 2.05) is 0 Å². The monoisotopic (exact) mass is 455 g/mol.